The highest BCUT2D eigenvalue weighted by Crippen LogP contribution is 2.19. The number of nitrogens with one attached hydrogen (secondary N) is 1. The second-order valence-corrected chi connectivity index (χ2v) is 5.08. The van der Waals surface area contributed by atoms with Crippen molar-refractivity contribution in [2.45, 2.75) is 12.7 Å². The lowest BCUT2D eigenvalue weighted by molar-refractivity contribution is -0.153. The second kappa shape index (κ2) is 6.91. The largest absolute Gasteiger partial charge is 0.484 e. The van der Waals surface area contributed by atoms with Gasteiger partial charge in [-0.25, -0.2) is 0 Å². The van der Waals surface area contributed by atoms with Crippen LogP contribution in [0, 0.1) is 0 Å². The highest BCUT2D eigenvalue weighted by molar-refractivity contribution is 6.31. The van der Waals surface area contributed by atoms with Gasteiger partial charge < -0.3 is 10.1 Å². The first-order valence-corrected chi connectivity index (χ1v) is 6.88. The van der Waals surface area contributed by atoms with Gasteiger partial charge in [-0.05, 0) is 18.2 Å². The van der Waals surface area contributed by atoms with Crippen molar-refractivity contribution in [1.82, 2.24) is 15.1 Å². The van der Waals surface area contributed by atoms with Crippen LogP contribution in [0.4, 0.5) is 13.2 Å². The zero-order valence-electron chi connectivity index (χ0n) is 12.0. The predicted molar refractivity (Wildman–Crippen MR) is 77.4 cm³/mol. The Labute approximate surface area is 135 Å². The van der Waals surface area contributed by atoms with Crippen LogP contribution in [0.1, 0.15) is 16.1 Å². The van der Waals surface area contributed by atoms with Crippen LogP contribution in [0.15, 0.2) is 30.5 Å². The average molecular weight is 348 g/mol. The normalized spacial score (nSPS) is 11.3. The van der Waals surface area contributed by atoms with Gasteiger partial charge in [0.1, 0.15) is 5.75 Å². The lowest BCUT2D eigenvalue weighted by Crippen LogP contribution is -2.24. The molecule has 1 amide bonds. The quantitative estimate of drug-likeness (QED) is 0.904. The molecule has 0 aliphatic carbocycles. The summed E-state index contributed by atoms with van der Waals surface area (Å²) in [5, 5.41) is 6.97. The number of rotatable bonds is 5. The maximum Gasteiger partial charge on any atom is 0.422 e. The topological polar surface area (TPSA) is 56.2 Å². The van der Waals surface area contributed by atoms with Crippen molar-refractivity contribution >= 4 is 17.5 Å². The predicted octanol–water partition coefficient (Wildman–Crippen LogP) is 2.94. The number of hydrogen-bond acceptors (Lipinski definition) is 3. The fraction of sp³-hybridized carbons (Fsp3) is 0.286. The van der Waals surface area contributed by atoms with Crippen LogP contribution in [0.2, 0.25) is 5.02 Å². The van der Waals surface area contributed by atoms with E-state index in [1.807, 2.05) is 0 Å². The van der Waals surface area contributed by atoms with Crippen molar-refractivity contribution in [2.75, 3.05) is 6.61 Å². The van der Waals surface area contributed by atoms with Crippen molar-refractivity contribution in [1.29, 1.82) is 0 Å². The van der Waals surface area contributed by atoms with Gasteiger partial charge in [0.25, 0.3) is 5.91 Å². The molecule has 0 bridgehead atoms. The monoisotopic (exact) mass is 347 g/mol. The Morgan fingerprint density at radius 2 is 2.17 bits per heavy atom. The first kappa shape index (κ1) is 17.1. The molecule has 2 rings (SSSR count). The van der Waals surface area contributed by atoms with Gasteiger partial charge in [-0.2, -0.15) is 18.3 Å². The highest BCUT2D eigenvalue weighted by atomic mass is 35.5. The third-order valence-corrected chi connectivity index (χ3v) is 3.24. The molecule has 1 heterocycles. The number of benzene rings is 1. The van der Waals surface area contributed by atoms with Crippen molar-refractivity contribution in [3.63, 3.8) is 0 Å². The molecular weight excluding hydrogens is 335 g/mol. The van der Waals surface area contributed by atoms with Crippen molar-refractivity contribution < 1.29 is 22.7 Å². The number of alkyl halides is 3. The van der Waals surface area contributed by atoms with E-state index in [2.05, 4.69) is 15.2 Å². The summed E-state index contributed by atoms with van der Waals surface area (Å²) in [6, 6.07) is 5.50. The number of amides is 1. The molecule has 0 spiro atoms. The highest BCUT2D eigenvalue weighted by Gasteiger charge is 2.28. The molecule has 1 aromatic heterocycles. The summed E-state index contributed by atoms with van der Waals surface area (Å²) in [5.74, 6) is -0.492. The Kier molecular flexibility index (Phi) is 5.15. The summed E-state index contributed by atoms with van der Waals surface area (Å²) < 4.78 is 42.5. The van der Waals surface area contributed by atoms with Crippen molar-refractivity contribution in [3.05, 3.63) is 46.7 Å². The summed E-state index contributed by atoms with van der Waals surface area (Å²) in [5.41, 5.74) is 0.799. The number of carbonyl (C=O) groups excluding carboxylic acids is 1. The van der Waals surface area contributed by atoms with E-state index < -0.39 is 18.7 Å². The van der Waals surface area contributed by atoms with E-state index in [0.717, 1.165) is 0 Å². The average Bonchev–Trinajstić information content (AvgIpc) is 2.81. The Morgan fingerprint density at radius 1 is 1.43 bits per heavy atom. The number of carbonyl (C=O) groups is 1. The lowest BCUT2D eigenvalue weighted by Gasteiger charge is -2.10. The summed E-state index contributed by atoms with van der Waals surface area (Å²) >= 11 is 5.92. The van der Waals surface area contributed by atoms with Gasteiger partial charge in [-0.15, -0.1) is 0 Å². The number of ether oxygens (including phenoxy) is 1. The minimum Gasteiger partial charge on any atom is -0.484 e. The Morgan fingerprint density at radius 3 is 2.78 bits per heavy atom. The Balaban J connectivity index is 1.99. The van der Waals surface area contributed by atoms with E-state index in [1.165, 1.54) is 35.1 Å². The maximum atomic E-state index is 12.1. The molecule has 0 atom stereocenters. The van der Waals surface area contributed by atoms with E-state index in [9.17, 15) is 18.0 Å². The number of aromatic nitrogens is 2. The van der Waals surface area contributed by atoms with E-state index >= 15 is 0 Å². The summed E-state index contributed by atoms with van der Waals surface area (Å²) in [6.45, 7) is -1.27. The number of hydrogen-bond donors (Lipinski definition) is 1. The third kappa shape index (κ3) is 4.88. The SMILES string of the molecule is Cn1ncc(Cl)c1CNC(=O)c1cccc(OCC(F)(F)F)c1. The van der Waals surface area contributed by atoms with E-state index in [0.29, 0.717) is 10.7 Å². The minimum atomic E-state index is -4.44. The number of halogens is 4. The molecule has 5 nitrogen and oxygen atoms in total. The Hall–Kier alpha value is -2.22. The molecule has 9 heteroatoms. The van der Waals surface area contributed by atoms with Crippen molar-refractivity contribution in [3.8, 4) is 5.75 Å². The Bertz CT molecular complexity index is 681. The zero-order chi connectivity index (χ0) is 17.0. The molecule has 0 unspecified atom stereocenters. The molecule has 0 saturated heterocycles. The maximum absolute atomic E-state index is 12.1. The van der Waals surface area contributed by atoms with Gasteiger partial charge in [-0.3, -0.25) is 9.48 Å². The lowest BCUT2D eigenvalue weighted by atomic mass is 10.2. The van der Waals surface area contributed by atoms with Crippen LogP contribution < -0.4 is 10.1 Å². The van der Waals surface area contributed by atoms with Crippen LogP contribution in [0.25, 0.3) is 0 Å². The molecule has 23 heavy (non-hydrogen) atoms. The summed E-state index contributed by atoms with van der Waals surface area (Å²) in [4.78, 5) is 12.1. The van der Waals surface area contributed by atoms with E-state index in [1.54, 1.807) is 7.05 Å². The first-order valence-electron chi connectivity index (χ1n) is 6.50. The zero-order valence-corrected chi connectivity index (χ0v) is 12.8. The molecular formula is C14H13ClF3N3O2. The molecule has 2 aromatic rings. The van der Waals surface area contributed by atoms with Crippen LogP contribution >= 0.6 is 11.6 Å². The minimum absolute atomic E-state index is 0.0338. The van der Waals surface area contributed by atoms with Gasteiger partial charge >= 0.3 is 6.18 Å². The van der Waals surface area contributed by atoms with Crippen LogP contribution in [0.5, 0.6) is 5.75 Å². The molecule has 0 aliphatic rings. The first-order chi connectivity index (χ1) is 10.8. The van der Waals surface area contributed by atoms with E-state index in [-0.39, 0.29) is 17.9 Å². The fourth-order valence-corrected chi connectivity index (χ4v) is 2.03. The van der Waals surface area contributed by atoms with Gasteiger partial charge in [-0.1, -0.05) is 17.7 Å². The molecule has 0 saturated carbocycles. The molecule has 1 aromatic carbocycles. The second-order valence-electron chi connectivity index (χ2n) is 4.68. The van der Waals surface area contributed by atoms with E-state index in [4.69, 9.17) is 11.6 Å². The molecule has 1 N–H and O–H groups in total. The molecule has 124 valence electrons. The van der Waals surface area contributed by atoms with Gasteiger partial charge in [0.2, 0.25) is 0 Å². The molecule has 0 aliphatic heterocycles. The molecule has 0 fully saturated rings. The number of nitrogens with zero attached hydrogens (tertiary/aromatic N) is 2. The van der Waals surface area contributed by atoms with Crippen LogP contribution in [-0.2, 0) is 13.6 Å². The summed E-state index contributed by atoms with van der Waals surface area (Å²) in [6.07, 6.45) is -2.98. The smallest absolute Gasteiger partial charge is 0.422 e. The van der Waals surface area contributed by atoms with Gasteiger partial charge in [0.15, 0.2) is 6.61 Å². The molecule has 0 radical (unpaired) electrons. The van der Waals surface area contributed by atoms with Gasteiger partial charge in [0.05, 0.1) is 23.5 Å². The summed E-state index contributed by atoms with van der Waals surface area (Å²) in [7, 11) is 1.68. The van der Waals surface area contributed by atoms with Crippen LogP contribution in [0.3, 0.4) is 0 Å². The van der Waals surface area contributed by atoms with Gasteiger partial charge in [0, 0.05) is 12.6 Å². The fourth-order valence-electron chi connectivity index (χ4n) is 1.79. The standard InChI is InChI=1S/C14H13ClF3N3O2/c1-21-12(11(15)6-20-21)7-19-13(22)9-3-2-4-10(5-9)23-8-14(16,17)18/h2-6H,7-8H2,1H3,(H,19,22). The third-order valence-electron chi connectivity index (χ3n) is 2.93. The van der Waals surface area contributed by atoms with Crippen molar-refractivity contribution in [2.24, 2.45) is 7.05 Å². The number of aryl methyl sites for hydroxylation is 1. The van der Waals surface area contributed by atoms with Crippen LogP contribution in [-0.4, -0.2) is 28.5 Å².